The molecule has 0 bridgehead atoms. The van der Waals surface area contributed by atoms with Crippen LogP contribution >= 0.6 is 11.8 Å². The number of nitrogens with zero attached hydrogens (tertiary/aromatic N) is 1. The summed E-state index contributed by atoms with van der Waals surface area (Å²) in [7, 11) is 0. The molecule has 0 fully saturated rings. The molecular weight excluding hydrogens is 224 g/mol. The van der Waals surface area contributed by atoms with Crippen molar-refractivity contribution in [3.8, 4) is 0 Å². The highest BCUT2D eigenvalue weighted by molar-refractivity contribution is 7.99. The molecule has 0 radical (unpaired) electrons. The van der Waals surface area contributed by atoms with Crippen LogP contribution in [0.3, 0.4) is 0 Å². The zero-order chi connectivity index (χ0) is 11.4. The number of hydrogen-bond acceptors (Lipinski definition) is 3. The number of imidazole rings is 1. The summed E-state index contributed by atoms with van der Waals surface area (Å²) in [5, 5.41) is 9.36. The molecule has 0 aromatic carbocycles. The van der Waals surface area contributed by atoms with Crippen molar-refractivity contribution < 1.29 is 9.90 Å². The van der Waals surface area contributed by atoms with E-state index in [1.165, 1.54) is 43.1 Å². The van der Waals surface area contributed by atoms with Crippen LogP contribution < -0.4 is 0 Å². The molecule has 0 saturated carbocycles. The third-order valence-electron chi connectivity index (χ3n) is 2.77. The number of rotatable bonds is 3. The Balaban J connectivity index is 2.05. The Hall–Kier alpha value is -0.970. The van der Waals surface area contributed by atoms with E-state index in [0.29, 0.717) is 0 Å². The van der Waals surface area contributed by atoms with E-state index < -0.39 is 5.97 Å². The number of aryl methyl sites for hydroxylation is 2. The van der Waals surface area contributed by atoms with Gasteiger partial charge < -0.3 is 10.1 Å². The summed E-state index contributed by atoms with van der Waals surface area (Å²) in [5.41, 5.74) is 2.36. The van der Waals surface area contributed by atoms with Crippen molar-refractivity contribution in [3.63, 3.8) is 0 Å². The molecule has 0 saturated heterocycles. The van der Waals surface area contributed by atoms with Crippen LogP contribution in [0.25, 0.3) is 0 Å². The second-order valence-corrected chi connectivity index (χ2v) is 5.03. The molecule has 0 aliphatic heterocycles. The van der Waals surface area contributed by atoms with Crippen LogP contribution in [-0.4, -0.2) is 26.8 Å². The highest BCUT2D eigenvalue weighted by Gasteiger charge is 2.13. The molecule has 1 aliphatic carbocycles. The normalized spacial score (nSPS) is 16.2. The fraction of sp³-hybridized carbons (Fsp3) is 0.636. The van der Waals surface area contributed by atoms with Crippen molar-refractivity contribution in [1.29, 1.82) is 0 Å². The smallest absolute Gasteiger partial charge is 0.313 e. The van der Waals surface area contributed by atoms with Gasteiger partial charge in [0.15, 0.2) is 5.16 Å². The van der Waals surface area contributed by atoms with Crippen molar-refractivity contribution >= 4 is 17.7 Å². The molecule has 1 heterocycles. The largest absolute Gasteiger partial charge is 0.481 e. The number of aromatic nitrogens is 2. The molecule has 0 amide bonds. The second kappa shape index (κ2) is 5.39. The van der Waals surface area contributed by atoms with Crippen LogP contribution in [0.4, 0.5) is 0 Å². The quantitative estimate of drug-likeness (QED) is 0.795. The Kier molecular flexibility index (Phi) is 3.88. The molecule has 5 heteroatoms. The van der Waals surface area contributed by atoms with Crippen LogP contribution in [0, 0.1) is 0 Å². The van der Waals surface area contributed by atoms with Gasteiger partial charge in [0, 0.05) is 5.69 Å². The lowest BCUT2D eigenvalue weighted by Gasteiger charge is -2.06. The van der Waals surface area contributed by atoms with E-state index in [4.69, 9.17) is 5.11 Å². The first-order valence-corrected chi connectivity index (χ1v) is 6.66. The second-order valence-electron chi connectivity index (χ2n) is 4.06. The third-order valence-corrected chi connectivity index (χ3v) is 3.62. The van der Waals surface area contributed by atoms with Crippen molar-refractivity contribution in [2.24, 2.45) is 0 Å². The van der Waals surface area contributed by atoms with Gasteiger partial charge in [-0.1, -0.05) is 24.6 Å². The SMILES string of the molecule is O=C(O)CSc1nc2c([nH]1)CCCCCC2. The molecular formula is C11H16N2O2S. The molecule has 4 nitrogen and oxygen atoms in total. The Morgan fingerprint density at radius 2 is 2.06 bits per heavy atom. The standard InChI is InChI=1S/C11H16N2O2S/c14-10(15)7-16-11-12-8-5-3-1-2-4-6-9(8)13-11/h1-7H2,(H,12,13)(H,14,15). The fourth-order valence-electron chi connectivity index (χ4n) is 1.98. The number of aromatic amines is 1. The highest BCUT2D eigenvalue weighted by atomic mass is 32.2. The maximum absolute atomic E-state index is 10.5. The van der Waals surface area contributed by atoms with E-state index in [0.717, 1.165) is 23.7 Å². The number of H-pyrrole nitrogens is 1. The molecule has 2 N–H and O–H groups in total. The predicted octanol–water partition coefficient (Wildman–Crippen LogP) is 2.25. The summed E-state index contributed by atoms with van der Waals surface area (Å²) in [6.45, 7) is 0. The maximum atomic E-state index is 10.5. The van der Waals surface area contributed by atoms with E-state index >= 15 is 0 Å². The van der Waals surface area contributed by atoms with Gasteiger partial charge in [-0.15, -0.1) is 0 Å². The average Bonchev–Trinajstić information content (AvgIpc) is 2.57. The van der Waals surface area contributed by atoms with Crippen LogP contribution in [0.1, 0.15) is 37.1 Å². The molecule has 0 atom stereocenters. The maximum Gasteiger partial charge on any atom is 0.313 e. The first-order valence-electron chi connectivity index (χ1n) is 5.68. The summed E-state index contributed by atoms with van der Waals surface area (Å²) in [5.74, 6) is -0.722. The van der Waals surface area contributed by atoms with E-state index in [1.807, 2.05) is 0 Å². The number of aliphatic carboxylic acids is 1. The summed E-state index contributed by atoms with van der Waals surface area (Å²) >= 11 is 1.27. The van der Waals surface area contributed by atoms with E-state index in [1.54, 1.807) is 0 Å². The zero-order valence-corrected chi connectivity index (χ0v) is 9.98. The fourth-order valence-corrected chi connectivity index (χ4v) is 2.61. The molecule has 88 valence electrons. The van der Waals surface area contributed by atoms with Crippen LogP contribution in [0.5, 0.6) is 0 Å². The van der Waals surface area contributed by atoms with Gasteiger partial charge >= 0.3 is 5.97 Å². The molecule has 16 heavy (non-hydrogen) atoms. The van der Waals surface area contributed by atoms with E-state index in [-0.39, 0.29) is 5.75 Å². The zero-order valence-electron chi connectivity index (χ0n) is 9.16. The minimum Gasteiger partial charge on any atom is -0.481 e. The summed E-state index contributed by atoms with van der Waals surface area (Å²) < 4.78 is 0. The van der Waals surface area contributed by atoms with Gasteiger partial charge in [-0.25, -0.2) is 4.98 Å². The minimum atomic E-state index is -0.797. The Morgan fingerprint density at radius 3 is 2.81 bits per heavy atom. The molecule has 1 aliphatic rings. The van der Waals surface area contributed by atoms with Crippen molar-refractivity contribution in [2.75, 3.05) is 5.75 Å². The Labute approximate surface area is 98.9 Å². The van der Waals surface area contributed by atoms with Crippen molar-refractivity contribution in [3.05, 3.63) is 11.4 Å². The number of hydrogen-bond donors (Lipinski definition) is 2. The number of carboxylic acid groups (broad SMARTS) is 1. The number of nitrogens with one attached hydrogen (secondary N) is 1. The van der Waals surface area contributed by atoms with Gasteiger partial charge in [-0.2, -0.15) is 0 Å². The van der Waals surface area contributed by atoms with Crippen LogP contribution in [0.15, 0.2) is 5.16 Å². The van der Waals surface area contributed by atoms with Gasteiger partial charge in [0.05, 0.1) is 11.4 Å². The first kappa shape index (κ1) is 11.5. The number of fused-ring (bicyclic) bond motifs is 1. The van der Waals surface area contributed by atoms with Crippen molar-refractivity contribution in [1.82, 2.24) is 9.97 Å². The molecule has 1 aromatic heterocycles. The summed E-state index contributed by atoms with van der Waals surface area (Å²) in [6, 6.07) is 0. The first-order chi connectivity index (χ1) is 7.75. The van der Waals surface area contributed by atoms with Gasteiger partial charge in [0.25, 0.3) is 0 Å². The Bertz CT molecular complexity index is 351. The topological polar surface area (TPSA) is 66.0 Å². The Morgan fingerprint density at radius 1 is 1.31 bits per heavy atom. The van der Waals surface area contributed by atoms with Gasteiger partial charge in [0.1, 0.15) is 0 Å². The third kappa shape index (κ3) is 3.01. The lowest BCUT2D eigenvalue weighted by atomic mass is 10.0. The molecule has 2 rings (SSSR count). The molecule has 0 unspecified atom stereocenters. The van der Waals surface area contributed by atoms with Crippen LogP contribution in [0.2, 0.25) is 0 Å². The van der Waals surface area contributed by atoms with Gasteiger partial charge in [-0.05, 0) is 25.7 Å². The lowest BCUT2D eigenvalue weighted by Crippen LogP contribution is -1.98. The predicted molar refractivity (Wildman–Crippen MR) is 62.8 cm³/mol. The summed E-state index contributed by atoms with van der Waals surface area (Å²) in [4.78, 5) is 18.2. The number of carbonyl (C=O) groups is 1. The molecule has 0 spiro atoms. The lowest BCUT2D eigenvalue weighted by molar-refractivity contribution is -0.133. The number of carboxylic acids is 1. The van der Waals surface area contributed by atoms with Crippen molar-refractivity contribution in [2.45, 2.75) is 43.7 Å². The van der Waals surface area contributed by atoms with E-state index in [9.17, 15) is 4.79 Å². The van der Waals surface area contributed by atoms with Gasteiger partial charge in [0.2, 0.25) is 0 Å². The van der Waals surface area contributed by atoms with Crippen LogP contribution in [-0.2, 0) is 17.6 Å². The van der Waals surface area contributed by atoms with E-state index in [2.05, 4.69) is 9.97 Å². The number of thioether (sulfide) groups is 1. The minimum absolute atomic E-state index is 0.0758. The summed E-state index contributed by atoms with van der Waals surface area (Å²) in [6.07, 6.45) is 7.05. The monoisotopic (exact) mass is 240 g/mol. The van der Waals surface area contributed by atoms with Gasteiger partial charge in [-0.3, -0.25) is 4.79 Å². The molecule has 1 aromatic rings. The average molecular weight is 240 g/mol. The highest BCUT2D eigenvalue weighted by Crippen LogP contribution is 2.22.